The van der Waals surface area contributed by atoms with Gasteiger partial charge in [-0.15, -0.1) is 0 Å². The molecule has 2 aromatic heterocycles. The van der Waals surface area contributed by atoms with Crippen molar-refractivity contribution >= 4 is 23.2 Å². The van der Waals surface area contributed by atoms with Crippen LogP contribution in [0.3, 0.4) is 0 Å². The standard InChI is InChI=1S/C25H21N7O3/c1-35-16-30-15-20(14-27-30)32-23-21(10-11-31(25(23)34)19-8-3-2-4-9-19)22(29-32)24(33)28-18-7-5-6-17(12-18)13-26/h2-9,12,14-15H,10-11,16H2,1H3,(H,28,33). The summed E-state index contributed by atoms with van der Waals surface area (Å²) < 4.78 is 8.16. The molecule has 2 aromatic carbocycles. The first-order chi connectivity index (χ1) is 17.1. The number of nitrogens with one attached hydrogen (secondary N) is 1. The van der Waals surface area contributed by atoms with Crippen LogP contribution in [-0.2, 0) is 17.9 Å². The van der Waals surface area contributed by atoms with Crippen molar-refractivity contribution in [1.82, 2.24) is 19.6 Å². The number of rotatable bonds is 6. The lowest BCUT2D eigenvalue weighted by molar-refractivity contribution is 0.0973. The third kappa shape index (κ3) is 4.16. The number of para-hydroxylation sites is 1. The molecule has 0 bridgehead atoms. The number of hydrogen-bond acceptors (Lipinski definition) is 6. The summed E-state index contributed by atoms with van der Waals surface area (Å²) in [6, 6.07) is 18.1. The van der Waals surface area contributed by atoms with Gasteiger partial charge in [0.05, 0.1) is 24.0 Å². The minimum absolute atomic E-state index is 0.155. The Hall–Kier alpha value is -4.75. The summed E-state index contributed by atoms with van der Waals surface area (Å²) in [6.07, 6.45) is 3.71. The highest BCUT2D eigenvalue weighted by molar-refractivity contribution is 6.11. The van der Waals surface area contributed by atoms with E-state index < -0.39 is 5.91 Å². The third-order valence-electron chi connectivity index (χ3n) is 5.67. The van der Waals surface area contributed by atoms with Crippen molar-refractivity contribution in [3.8, 4) is 11.8 Å². The smallest absolute Gasteiger partial charge is 0.277 e. The Morgan fingerprint density at radius 2 is 2.00 bits per heavy atom. The minimum Gasteiger partial charge on any atom is -0.362 e. The molecule has 0 spiro atoms. The van der Waals surface area contributed by atoms with Gasteiger partial charge in [0.15, 0.2) is 5.69 Å². The van der Waals surface area contributed by atoms with Crippen LogP contribution in [0, 0.1) is 11.3 Å². The van der Waals surface area contributed by atoms with Crippen LogP contribution in [0.25, 0.3) is 5.69 Å². The number of carbonyl (C=O) groups is 2. The van der Waals surface area contributed by atoms with E-state index in [0.29, 0.717) is 41.2 Å². The number of ether oxygens (including phenoxy) is 1. The normalized spacial score (nSPS) is 12.8. The highest BCUT2D eigenvalue weighted by Crippen LogP contribution is 2.29. The molecule has 10 nitrogen and oxygen atoms in total. The van der Waals surface area contributed by atoms with Crippen LogP contribution in [0.5, 0.6) is 0 Å². The summed E-state index contributed by atoms with van der Waals surface area (Å²) in [5.74, 6) is -0.713. The van der Waals surface area contributed by atoms with Gasteiger partial charge in [-0.25, -0.2) is 9.36 Å². The Morgan fingerprint density at radius 1 is 1.17 bits per heavy atom. The SMILES string of the molecule is COCn1cc(-n2nc(C(=O)Nc3cccc(C#N)c3)c3c2C(=O)N(c2ccccc2)CC3)cn1. The monoisotopic (exact) mass is 467 g/mol. The third-order valence-corrected chi connectivity index (χ3v) is 5.67. The van der Waals surface area contributed by atoms with E-state index in [9.17, 15) is 9.59 Å². The number of carbonyl (C=O) groups excluding carboxylic acids is 2. The molecule has 0 radical (unpaired) electrons. The molecule has 0 unspecified atom stereocenters. The van der Waals surface area contributed by atoms with E-state index in [-0.39, 0.29) is 18.3 Å². The molecule has 1 aliphatic heterocycles. The number of benzene rings is 2. The Bertz CT molecular complexity index is 1450. The Labute approximate surface area is 201 Å². The van der Waals surface area contributed by atoms with Crippen molar-refractivity contribution in [2.45, 2.75) is 13.2 Å². The molecule has 0 aliphatic carbocycles. The Kier molecular flexibility index (Phi) is 5.83. The van der Waals surface area contributed by atoms with Crippen LogP contribution in [0.15, 0.2) is 67.0 Å². The lowest BCUT2D eigenvalue weighted by Gasteiger charge is -2.27. The number of methoxy groups -OCH3 is 1. The quantitative estimate of drug-likeness (QED) is 0.466. The number of nitrogens with zero attached hydrogens (tertiary/aromatic N) is 6. The molecule has 35 heavy (non-hydrogen) atoms. The zero-order valence-electron chi connectivity index (χ0n) is 18.9. The molecule has 2 amide bonds. The van der Waals surface area contributed by atoms with Gasteiger partial charge >= 0.3 is 0 Å². The number of hydrogen-bond donors (Lipinski definition) is 1. The van der Waals surface area contributed by atoms with Crippen LogP contribution in [-0.4, -0.2) is 45.0 Å². The van der Waals surface area contributed by atoms with Crippen molar-refractivity contribution in [1.29, 1.82) is 5.26 Å². The van der Waals surface area contributed by atoms with Crippen LogP contribution >= 0.6 is 0 Å². The number of nitriles is 1. The molecular formula is C25H21N7O3. The highest BCUT2D eigenvalue weighted by Gasteiger charge is 2.35. The summed E-state index contributed by atoms with van der Waals surface area (Å²) in [4.78, 5) is 28.6. The van der Waals surface area contributed by atoms with Crippen molar-refractivity contribution in [3.63, 3.8) is 0 Å². The average Bonchev–Trinajstić information content (AvgIpc) is 3.50. The van der Waals surface area contributed by atoms with E-state index in [2.05, 4.69) is 21.6 Å². The second-order valence-electron chi connectivity index (χ2n) is 7.93. The number of aromatic nitrogens is 4. The molecule has 5 rings (SSSR count). The van der Waals surface area contributed by atoms with E-state index in [4.69, 9.17) is 10.00 Å². The predicted octanol–water partition coefficient (Wildman–Crippen LogP) is 3.00. The first kappa shape index (κ1) is 22.1. The fraction of sp³-hybridized carbons (Fsp3) is 0.160. The van der Waals surface area contributed by atoms with E-state index in [0.717, 1.165) is 5.69 Å². The molecule has 0 fully saturated rings. The van der Waals surface area contributed by atoms with Crippen molar-refractivity contribution < 1.29 is 14.3 Å². The molecule has 0 saturated heterocycles. The summed E-state index contributed by atoms with van der Waals surface area (Å²) in [6.45, 7) is 0.644. The van der Waals surface area contributed by atoms with Gasteiger partial charge in [0.25, 0.3) is 11.8 Å². The van der Waals surface area contributed by atoms with Gasteiger partial charge < -0.3 is 15.0 Å². The maximum Gasteiger partial charge on any atom is 0.277 e. The molecule has 4 aromatic rings. The fourth-order valence-electron chi connectivity index (χ4n) is 4.11. The summed E-state index contributed by atoms with van der Waals surface area (Å²) >= 11 is 0. The first-order valence-corrected chi connectivity index (χ1v) is 10.9. The maximum absolute atomic E-state index is 13.7. The molecule has 0 saturated carbocycles. The van der Waals surface area contributed by atoms with Crippen molar-refractivity contribution in [2.24, 2.45) is 0 Å². The first-order valence-electron chi connectivity index (χ1n) is 10.9. The highest BCUT2D eigenvalue weighted by atomic mass is 16.5. The lowest BCUT2D eigenvalue weighted by atomic mass is 10.0. The van der Waals surface area contributed by atoms with E-state index in [1.807, 2.05) is 30.3 Å². The number of amides is 2. The Balaban J connectivity index is 1.57. The lowest BCUT2D eigenvalue weighted by Crippen LogP contribution is -2.39. The van der Waals surface area contributed by atoms with Crippen LogP contribution < -0.4 is 10.2 Å². The fourth-order valence-corrected chi connectivity index (χ4v) is 4.11. The molecule has 1 N–H and O–H groups in total. The largest absolute Gasteiger partial charge is 0.362 e. The zero-order chi connectivity index (χ0) is 24.4. The molecule has 10 heteroatoms. The van der Waals surface area contributed by atoms with Gasteiger partial charge in [-0.1, -0.05) is 24.3 Å². The van der Waals surface area contributed by atoms with Gasteiger partial charge in [0.1, 0.15) is 18.1 Å². The molecule has 0 atom stereocenters. The van der Waals surface area contributed by atoms with Gasteiger partial charge in [-0.3, -0.25) is 9.59 Å². The Morgan fingerprint density at radius 3 is 2.77 bits per heavy atom. The van der Waals surface area contributed by atoms with Crippen molar-refractivity contribution in [3.05, 3.63) is 89.5 Å². The van der Waals surface area contributed by atoms with Gasteiger partial charge in [-0.05, 0) is 36.8 Å². The number of anilines is 2. The van der Waals surface area contributed by atoms with E-state index in [1.54, 1.807) is 53.4 Å². The zero-order valence-corrected chi connectivity index (χ0v) is 18.9. The van der Waals surface area contributed by atoms with Crippen LogP contribution in [0.1, 0.15) is 32.1 Å². The van der Waals surface area contributed by atoms with E-state index in [1.165, 1.54) is 4.68 Å². The van der Waals surface area contributed by atoms with Gasteiger partial charge in [0, 0.05) is 30.6 Å². The molecule has 1 aliphatic rings. The van der Waals surface area contributed by atoms with Crippen LogP contribution in [0.4, 0.5) is 11.4 Å². The minimum atomic E-state index is -0.458. The molecule has 174 valence electrons. The summed E-state index contributed by atoms with van der Waals surface area (Å²) in [5.41, 5.74) is 3.23. The predicted molar refractivity (Wildman–Crippen MR) is 127 cm³/mol. The summed E-state index contributed by atoms with van der Waals surface area (Å²) in [5, 5.41) is 20.8. The topological polar surface area (TPSA) is 118 Å². The second kappa shape index (κ2) is 9.24. The number of fused-ring (bicyclic) bond motifs is 1. The van der Waals surface area contributed by atoms with Crippen LogP contribution in [0.2, 0.25) is 0 Å². The maximum atomic E-state index is 13.7. The molecular weight excluding hydrogens is 446 g/mol. The molecule has 3 heterocycles. The van der Waals surface area contributed by atoms with E-state index >= 15 is 0 Å². The summed E-state index contributed by atoms with van der Waals surface area (Å²) in [7, 11) is 1.56. The van der Waals surface area contributed by atoms with Gasteiger partial charge in [-0.2, -0.15) is 15.5 Å². The van der Waals surface area contributed by atoms with Gasteiger partial charge in [0.2, 0.25) is 0 Å². The average molecular weight is 467 g/mol. The van der Waals surface area contributed by atoms with Crippen molar-refractivity contribution in [2.75, 3.05) is 23.9 Å². The second-order valence-corrected chi connectivity index (χ2v) is 7.93.